The van der Waals surface area contributed by atoms with Crippen molar-refractivity contribution in [3.63, 3.8) is 0 Å². The minimum atomic E-state index is 0. The molecule has 0 atom stereocenters. The van der Waals surface area contributed by atoms with Gasteiger partial charge < -0.3 is 0 Å². The maximum Gasteiger partial charge on any atom is 0 e. The summed E-state index contributed by atoms with van der Waals surface area (Å²) in [6, 6.07) is 0. The molecule has 0 saturated carbocycles. The van der Waals surface area contributed by atoms with E-state index in [0.29, 0.717) is 0 Å². The fourth-order valence-electron chi connectivity index (χ4n) is 0.723. The third-order valence-electron chi connectivity index (χ3n) is 1.20. The van der Waals surface area contributed by atoms with Crippen LogP contribution in [-0.4, -0.2) is 0 Å². The van der Waals surface area contributed by atoms with E-state index < -0.39 is 0 Å². The van der Waals surface area contributed by atoms with Crippen molar-refractivity contribution in [2.24, 2.45) is 0 Å². The summed E-state index contributed by atoms with van der Waals surface area (Å²) in [5, 5.41) is 0. The van der Waals surface area contributed by atoms with Crippen molar-refractivity contribution < 1.29 is 31.0 Å². The van der Waals surface area contributed by atoms with Crippen LogP contribution >= 0.6 is 0 Å². The van der Waals surface area contributed by atoms with Crippen LogP contribution in [0.25, 0.3) is 0 Å². The third-order valence-corrected chi connectivity index (χ3v) is 1.20. The Bertz CT molecular complexity index is 262. The Kier molecular flexibility index (Phi) is 46.0. The molecule has 78 valence electrons. The van der Waals surface area contributed by atoms with Crippen molar-refractivity contribution in [1.82, 2.24) is 0 Å². The van der Waals surface area contributed by atoms with E-state index in [1.807, 2.05) is 12.2 Å². The van der Waals surface area contributed by atoms with E-state index in [-0.39, 0.29) is 17.1 Å². The molecule has 0 heterocycles. The van der Waals surface area contributed by atoms with Crippen LogP contribution in [0, 0.1) is 32.3 Å². The number of rotatable bonds is 0. The average molecular weight is 244 g/mol. The molecular formula is C11H8FeO3. The SMILES string of the molecule is C#CC1=CC=CCC1.[C-]#[O+].[C-]#[O+].[C-]#[O+].[Fe]. The molecule has 0 amide bonds. The fourth-order valence-corrected chi connectivity index (χ4v) is 0.723. The summed E-state index contributed by atoms with van der Waals surface area (Å²) < 4.78 is 22.5. The Balaban J connectivity index is -0.0000000755. The molecule has 0 saturated heterocycles. The summed E-state index contributed by atoms with van der Waals surface area (Å²) >= 11 is 0. The van der Waals surface area contributed by atoms with Crippen LogP contribution in [-0.2, 0) is 31.0 Å². The van der Waals surface area contributed by atoms with Gasteiger partial charge in [-0.3, -0.25) is 0 Å². The molecular weight excluding hydrogens is 236 g/mol. The Morgan fingerprint density at radius 2 is 1.60 bits per heavy atom. The first kappa shape index (κ1) is 23.5. The maximum atomic E-state index is 7.50. The Morgan fingerprint density at radius 1 is 1.13 bits per heavy atom. The first-order valence-electron chi connectivity index (χ1n) is 3.37. The third kappa shape index (κ3) is 19.3. The Morgan fingerprint density at radius 3 is 1.80 bits per heavy atom. The smallest absolute Gasteiger partial charge is 0 e. The van der Waals surface area contributed by atoms with Gasteiger partial charge in [0.1, 0.15) is 0 Å². The second-order valence-electron chi connectivity index (χ2n) is 1.80. The van der Waals surface area contributed by atoms with Gasteiger partial charge in [-0.05, 0) is 12.8 Å². The van der Waals surface area contributed by atoms with Crippen molar-refractivity contribution >= 4 is 0 Å². The number of hydrogen-bond acceptors (Lipinski definition) is 0. The summed E-state index contributed by atoms with van der Waals surface area (Å²) in [4.78, 5) is 0. The molecule has 4 heteroatoms. The van der Waals surface area contributed by atoms with Crippen molar-refractivity contribution in [3.05, 3.63) is 43.8 Å². The van der Waals surface area contributed by atoms with Crippen molar-refractivity contribution in [1.29, 1.82) is 0 Å². The van der Waals surface area contributed by atoms with E-state index in [1.165, 1.54) is 0 Å². The van der Waals surface area contributed by atoms with Crippen LogP contribution in [0.1, 0.15) is 12.8 Å². The second-order valence-corrected chi connectivity index (χ2v) is 1.80. The van der Waals surface area contributed by atoms with Gasteiger partial charge in [-0.15, -0.1) is 6.42 Å². The number of hydrogen-bond donors (Lipinski definition) is 0. The molecule has 1 aliphatic carbocycles. The average Bonchev–Trinajstić information content (AvgIpc) is 2.37. The minimum absolute atomic E-state index is 0. The summed E-state index contributed by atoms with van der Waals surface area (Å²) in [7, 11) is 0. The van der Waals surface area contributed by atoms with Gasteiger partial charge in [-0.2, -0.15) is 0 Å². The van der Waals surface area contributed by atoms with E-state index in [2.05, 4.69) is 31.9 Å². The van der Waals surface area contributed by atoms with Crippen LogP contribution in [0.2, 0.25) is 0 Å². The summed E-state index contributed by atoms with van der Waals surface area (Å²) in [6.45, 7) is 13.5. The van der Waals surface area contributed by atoms with Crippen LogP contribution in [0.15, 0.2) is 23.8 Å². The summed E-state index contributed by atoms with van der Waals surface area (Å²) in [5.41, 5.74) is 1.12. The van der Waals surface area contributed by atoms with Gasteiger partial charge in [-0.25, -0.2) is 0 Å². The van der Waals surface area contributed by atoms with Gasteiger partial charge in [0, 0.05) is 22.6 Å². The minimum Gasteiger partial charge on any atom is 0 e. The van der Waals surface area contributed by atoms with E-state index >= 15 is 0 Å². The van der Waals surface area contributed by atoms with E-state index in [4.69, 9.17) is 20.4 Å². The molecule has 0 aromatic heterocycles. The van der Waals surface area contributed by atoms with E-state index in [1.54, 1.807) is 0 Å². The zero-order chi connectivity index (χ0) is 11.8. The topological polar surface area (TPSA) is 59.7 Å². The van der Waals surface area contributed by atoms with Gasteiger partial charge in [-0.1, -0.05) is 24.1 Å². The van der Waals surface area contributed by atoms with Gasteiger partial charge in [0.2, 0.25) is 0 Å². The van der Waals surface area contributed by atoms with Crippen LogP contribution in [0.4, 0.5) is 0 Å². The van der Waals surface area contributed by atoms with Crippen molar-refractivity contribution in [3.8, 4) is 12.3 Å². The molecule has 0 aromatic carbocycles. The summed E-state index contributed by atoms with van der Waals surface area (Å²) in [6.07, 6.45) is 13.4. The molecule has 0 aromatic rings. The molecule has 0 aliphatic heterocycles. The Labute approximate surface area is 100 Å². The molecule has 3 nitrogen and oxygen atoms in total. The maximum absolute atomic E-state index is 7.50. The van der Waals surface area contributed by atoms with Crippen LogP contribution in [0.5, 0.6) is 0 Å². The molecule has 0 spiro atoms. The molecule has 0 N–H and O–H groups in total. The number of terminal acetylenes is 1. The molecule has 1 rings (SSSR count). The molecule has 15 heavy (non-hydrogen) atoms. The molecule has 0 fully saturated rings. The van der Waals surface area contributed by atoms with Gasteiger partial charge >= 0.3 is 33.9 Å². The van der Waals surface area contributed by atoms with Crippen LogP contribution in [0.3, 0.4) is 0 Å². The molecule has 0 radical (unpaired) electrons. The van der Waals surface area contributed by atoms with Gasteiger partial charge in [0.15, 0.2) is 0 Å². The zero-order valence-corrected chi connectivity index (χ0v) is 8.91. The van der Waals surface area contributed by atoms with Crippen molar-refractivity contribution in [2.45, 2.75) is 12.8 Å². The van der Waals surface area contributed by atoms with Crippen LogP contribution < -0.4 is 0 Å². The monoisotopic (exact) mass is 244 g/mol. The molecule has 0 bridgehead atoms. The van der Waals surface area contributed by atoms with Gasteiger partial charge in [0.25, 0.3) is 0 Å². The predicted molar refractivity (Wildman–Crippen MR) is 47.1 cm³/mol. The Hall–Kier alpha value is -1.22. The first-order valence-corrected chi connectivity index (χ1v) is 3.37. The normalized spacial score (nSPS) is 9.53. The standard InChI is InChI=1S/C8H8.3CO.Fe/c1-2-8-6-4-3-5-7-8;3*1-2;/h1,3-4,6H,5,7H2;;;;. The first-order chi connectivity index (χ1) is 6.93. The van der Waals surface area contributed by atoms with E-state index in [9.17, 15) is 0 Å². The molecule has 0 unspecified atom stereocenters. The summed E-state index contributed by atoms with van der Waals surface area (Å²) in [5.74, 6) is 2.61. The quantitative estimate of drug-likeness (QED) is 0.270. The van der Waals surface area contributed by atoms with E-state index in [0.717, 1.165) is 18.4 Å². The zero-order valence-electron chi connectivity index (χ0n) is 7.80. The molecule has 1 aliphatic rings. The van der Waals surface area contributed by atoms with Crippen molar-refractivity contribution in [2.75, 3.05) is 0 Å². The fraction of sp³-hybridized carbons (Fsp3) is 0.182. The second kappa shape index (κ2) is 29.3. The largest absolute Gasteiger partial charge is 0 e. The van der Waals surface area contributed by atoms with Gasteiger partial charge in [0.05, 0.1) is 0 Å². The predicted octanol–water partition coefficient (Wildman–Crippen LogP) is 1.78. The number of allylic oxidation sites excluding steroid dienone is 4.